The Balaban J connectivity index is 2.26. The molecule has 0 aliphatic carbocycles. The average molecular weight is 263 g/mol. The number of halogens is 2. The van der Waals surface area contributed by atoms with Crippen molar-refractivity contribution in [2.45, 2.75) is 6.92 Å². The predicted molar refractivity (Wildman–Crippen MR) is 66.9 cm³/mol. The lowest BCUT2D eigenvalue weighted by Crippen LogP contribution is -1.89. The van der Waals surface area contributed by atoms with Gasteiger partial charge in [0.15, 0.2) is 17.2 Å². The maximum Gasteiger partial charge on any atom is 0.223 e. The normalized spacial score (nSPS) is 11.1. The fraction of sp³-hybridized carbons (Fsp3) is 0.0769. The van der Waals surface area contributed by atoms with Gasteiger partial charge in [-0.2, -0.15) is 0 Å². The molecule has 0 bridgehead atoms. The van der Waals surface area contributed by atoms with Crippen LogP contribution in [0, 0.1) is 12.7 Å². The molecule has 0 unspecified atom stereocenters. The van der Waals surface area contributed by atoms with Gasteiger partial charge >= 0.3 is 0 Å². The number of aromatic nitrogens is 2. The molecule has 5 heteroatoms. The molecular formula is C13H8ClFN2O. The van der Waals surface area contributed by atoms with E-state index in [0.717, 1.165) is 5.56 Å². The average Bonchev–Trinajstić information content (AvgIpc) is 2.77. The third kappa shape index (κ3) is 1.75. The van der Waals surface area contributed by atoms with Crippen LogP contribution in [0.5, 0.6) is 0 Å². The molecule has 3 nitrogen and oxygen atoms in total. The van der Waals surface area contributed by atoms with Gasteiger partial charge in [-0.05, 0) is 36.2 Å². The summed E-state index contributed by atoms with van der Waals surface area (Å²) < 4.78 is 19.0. The summed E-state index contributed by atoms with van der Waals surface area (Å²) in [4.78, 5) is 7.98. The third-order valence-electron chi connectivity index (χ3n) is 2.67. The molecule has 0 spiro atoms. The van der Waals surface area contributed by atoms with Crippen LogP contribution in [-0.4, -0.2) is 9.97 Å². The van der Waals surface area contributed by atoms with Crippen LogP contribution in [0.15, 0.2) is 34.9 Å². The summed E-state index contributed by atoms with van der Waals surface area (Å²) in [5.74, 6) is 0.0912. The molecule has 0 radical (unpaired) electrons. The second-order valence-corrected chi connectivity index (χ2v) is 4.28. The summed E-state index contributed by atoms with van der Waals surface area (Å²) >= 11 is 5.76. The third-order valence-corrected chi connectivity index (χ3v) is 2.85. The van der Waals surface area contributed by atoms with Gasteiger partial charge in [-0.15, -0.1) is 0 Å². The molecule has 3 aromatic rings. The highest BCUT2D eigenvalue weighted by Crippen LogP contribution is 2.30. The molecule has 18 heavy (non-hydrogen) atoms. The first-order chi connectivity index (χ1) is 8.65. The van der Waals surface area contributed by atoms with Gasteiger partial charge in [-0.3, -0.25) is 0 Å². The zero-order valence-corrected chi connectivity index (χ0v) is 10.2. The molecule has 0 amide bonds. The van der Waals surface area contributed by atoms with Crippen molar-refractivity contribution >= 4 is 22.6 Å². The van der Waals surface area contributed by atoms with E-state index in [1.165, 1.54) is 6.07 Å². The Morgan fingerprint density at radius 1 is 1.33 bits per heavy atom. The number of furan rings is 1. The maximum absolute atomic E-state index is 13.5. The fourth-order valence-electron chi connectivity index (χ4n) is 1.81. The Morgan fingerprint density at radius 2 is 2.17 bits per heavy atom. The Hall–Kier alpha value is -1.94. The number of nitrogens with zero attached hydrogens (tertiary/aromatic N) is 2. The van der Waals surface area contributed by atoms with Gasteiger partial charge in [0, 0.05) is 11.6 Å². The van der Waals surface area contributed by atoms with E-state index in [1.54, 1.807) is 24.4 Å². The summed E-state index contributed by atoms with van der Waals surface area (Å²) in [6.45, 7) is 1.84. The summed E-state index contributed by atoms with van der Waals surface area (Å²) in [7, 11) is 0. The molecule has 2 aromatic heterocycles. The number of para-hydroxylation sites is 1. The zero-order chi connectivity index (χ0) is 12.7. The Bertz CT molecular complexity index is 739. The lowest BCUT2D eigenvalue weighted by molar-refractivity contribution is 0.567. The minimum Gasteiger partial charge on any atom is -0.451 e. The SMILES string of the molecule is Cc1cnc(Cl)nc1-c1cc2cccc(F)c2o1. The van der Waals surface area contributed by atoms with E-state index in [2.05, 4.69) is 9.97 Å². The predicted octanol–water partition coefficient (Wildman–Crippen LogP) is 3.99. The first-order valence-corrected chi connectivity index (χ1v) is 5.70. The first-order valence-electron chi connectivity index (χ1n) is 5.33. The molecule has 0 saturated heterocycles. The second-order valence-electron chi connectivity index (χ2n) is 3.94. The summed E-state index contributed by atoms with van der Waals surface area (Å²) in [5, 5.41) is 0.829. The molecule has 0 fully saturated rings. The highest BCUT2D eigenvalue weighted by Gasteiger charge is 2.13. The Kier molecular flexibility index (Phi) is 2.52. The van der Waals surface area contributed by atoms with Crippen LogP contribution >= 0.6 is 11.6 Å². The van der Waals surface area contributed by atoms with Crippen molar-refractivity contribution < 1.29 is 8.81 Å². The monoisotopic (exact) mass is 262 g/mol. The Morgan fingerprint density at radius 3 is 2.94 bits per heavy atom. The number of rotatable bonds is 1. The topological polar surface area (TPSA) is 38.9 Å². The van der Waals surface area contributed by atoms with Crippen molar-refractivity contribution in [3.8, 4) is 11.5 Å². The second kappa shape index (κ2) is 4.07. The van der Waals surface area contributed by atoms with Crippen molar-refractivity contribution in [2.24, 2.45) is 0 Å². The number of fused-ring (bicyclic) bond motifs is 1. The number of hydrogen-bond acceptors (Lipinski definition) is 3. The highest BCUT2D eigenvalue weighted by molar-refractivity contribution is 6.28. The molecule has 0 saturated carbocycles. The van der Waals surface area contributed by atoms with Gasteiger partial charge in [-0.25, -0.2) is 14.4 Å². The number of benzene rings is 1. The molecule has 1 aromatic carbocycles. The number of aryl methyl sites for hydroxylation is 1. The molecule has 0 atom stereocenters. The van der Waals surface area contributed by atoms with E-state index in [1.807, 2.05) is 6.92 Å². The lowest BCUT2D eigenvalue weighted by atomic mass is 10.2. The van der Waals surface area contributed by atoms with Crippen LogP contribution in [0.3, 0.4) is 0 Å². The van der Waals surface area contributed by atoms with E-state index < -0.39 is 5.82 Å². The van der Waals surface area contributed by atoms with Crippen LogP contribution in [0.1, 0.15) is 5.56 Å². The summed E-state index contributed by atoms with van der Waals surface area (Å²) in [6.07, 6.45) is 1.61. The molecule has 0 aliphatic rings. The Labute approximate surface area is 107 Å². The number of hydrogen-bond donors (Lipinski definition) is 0. The van der Waals surface area contributed by atoms with Gasteiger partial charge in [0.2, 0.25) is 5.28 Å². The summed E-state index contributed by atoms with van der Waals surface area (Å²) in [5.41, 5.74) is 1.62. The minimum absolute atomic E-state index is 0.136. The van der Waals surface area contributed by atoms with Crippen molar-refractivity contribution in [3.05, 3.63) is 47.1 Å². The van der Waals surface area contributed by atoms with Gasteiger partial charge in [0.1, 0.15) is 5.69 Å². The molecular weight excluding hydrogens is 255 g/mol. The molecule has 3 rings (SSSR count). The van der Waals surface area contributed by atoms with Crippen LogP contribution in [-0.2, 0) is 0 Å². The van der Waals surface area contributed by atoms with Crippen molar-refractivity contribution in [1.82, 2.24) is 9.97 Å². The minimum atomic E-state index is -0.392. The van der Waals surface area contributed by atoms with E-state index in [4.69, 9.17) is 16.0 Å². The lowest BCUT2D eigenvalue weighted by Gasteiger charge is -2.00. The van der Waals surface area contributed by atoms with Crippen molar-refractivity contribution in [3.63, 3.8) is 0 Å². The van der Waals surface area contributed by atoms with Gasteiger partial charge in [-0.1, -0.05) is 12.1 Å². The van der Waals surface area contributed by atoms with E-state index >= 15 is 0 Å². The van der Waals surface area contributed by atoms with Crippen LogP contribution in [0.2, 0.25) is 5.28 Å². The largest absolute Gasteiger partial charge is 0.451 e. The quantitative estimate of drug-likeness (QED) is 0.623. The van der Waals surface area contributed by atoms with Gasteiger partial charge in [0.25, 0.3) is 0 Å². The van der Waals surface area contributed by atoms with Gasteiger partial charge < -0.3 is 4.42 Å². The standard InChI is InChI=1S/C13H8ClFN2O/c1-7-6-16-13(14)17-11(7)10-5-8-3-2-4-9(15)12(8)18-10/h2-6H,1H3. The van der Waals surface area contributed by atoms with Crippen LogP contribution in [0.25, 0.3) is 22.4 Å². The van der Waals surface area contributed by atoms with E-state index in [9.17, 15) is 4.39 Å². The van der Waals surface area contributed by atoms with Crippen LogP contribution < -0.4 is 0 Å². The highest BCUT2D eigenvalue weighted by atomic mass is 35.5. The van der Waals surface area contributed by atoms with Crippen LogP contribution in [0.4, 0.5) is 4.39 Å². The van der Waals surface area contributed by atoms with E-state index in [0.29, 0.717) is 16.8 Å². The fourth-order valence-corrected chi connectivity index (χ4v) is 1.95. The van der Waals surface area contributed by atoms with Crippen molar-refractivity contribution in [2.75, 3.05) is 0 Å². The molecule has 0 aliphatic heterocycles. The maximum atomic E-state index is 13.5. The van der Waals surface area contributed by atoms with Crippen molar-refractivity contribution in [1.29, 1.82) is 0 Å². The first kappa shape index (κ1) is 11.2. The molecule has 0 N–H and O–H groups in total. The molecule has 2 heterocycles. The van der Waals surface area contributed by atoms with E-state index in [-0.39, 0.29) is 10.9 Å². The summed E-state index contributed by atoms with van der Waals surface area (Å²) in [6, 6.07) is 6.51. The smallest absolute Gasteiger partial charge is 0.223 e. The zero-order valence-electron chi connectivity index (χ0n) is 9.45. The van der Waals surface area contributed by atoms with Gasteiger partial charge in [0.05, 0.1) is 0 Å². The molecule has 90 valence electrons.